The van der Waals surface area contributed by atoms with Gasteiger partial charge in [-0.2, -0.15) is 5.10 Å². The van der Waals surface area contributed by atoms with Gasteiger partial charge in [-0.3, -0.25) is 9.58 Å². The normalized spacial score (nSPS) is 23.7. The maximum atomic E-state index is 4.46. The molecule has 108 valence electrons. The van der Waals surface area contributed by atoms with E-state index in [0.717, 1.165) is 32.6 Å². The molecule has 0 bridgehead atoms. The highest BCUT2D eigenvalue weighted by Crippen LogP contribution is 2.22. The summed E-state index contributed by atoms with van der Waals surface area (Å²) in [5, 5.41) is 7.93. The third-order valence-electron chi connectivity index (χ3n) is 4.06. The summed E-state index contributed by atoms with van der Waals surface area (Å²) in [5.74, 6) is 0. The van der Waals surface area contributed by atoms with E-state index < -0.39 is 0 Å². The molecule has 5 nitrogen and oxygen atoms in total. The van der Waals surface area contributed by atoms with Gasteiger partial charge in [-0.25, -0.2) is 0 Å². The molecule has 2 unspecified atom stereocenters. The average molecular weight is 265 g/mol. The van der Waals surface area contributed by atoms with Crippen LogP contribution in [0.25, 0.3) is 0 Å². The van der Waals surface area contributed by atoms with Gasteiger partial charge in [0.25, 0.3) is 0 Å². The van der Waals surface area contributed by atoms with Gasteiger partial charge in [0.2, 0.25) is 0 Å². The van der Waals surface area contributed by atoms with Crippen molar-refractivity contribution in [2.45, 2.75) is 32.0 Å². The van der Waals surface area contributed by atoms with Crippen molar-refractivity contribution in [2.75, 3.05) is 40.8 Å². The van der Waals surface area contributed by atoms with E-state index in [1.165, 1.54) is 5.56 Å². The van der Waals surface area contributed by atoms with Crippen LogP contribution in [0.2, 0.25) is 0 Å². The fraction of sp³-hybridized carbons (Fsp3) is 0.786. The Morgan fingerprint density at radius 1 is 1.42 bits per heavy atom. The first-order valence-corrected chi connectivity index (χ1v) is 7.24. The summed E-state index contributed by atoms with van der Waals surface area (Å²) in [6, 6.07) is 0.849. The second kappa shape index (κ2) is 6.50. The van der Waals surface area contributed by atoms with E-state index in [1.807, 2.05) is 17.9 Å². The van der Waals surface area contributed by atoms with Gasteiger partial charge in [-0.15, -0.1) is 0 Å². The largest absolute Gasteiger partial charge is 0.312 e. The first kappa shape index (κ1) is 14.5. The molecule has 0 radical (unpaired) electrons. The van der Waals surface area contributed by atoms with Gasteiger partial charge < -0.3 is 10.2 Å². The van der Waals surface area contributed by atoms with Crippen molar-refractivity contribution in [1.82, 2.24) is 24.9 Å². The van der Waals surface area contributed by atoms with Crippen LogP contribution in [-0.4, -0.2) is 66.4 Å². The first-order chi connectivity index (χ1) is 9.15. The lowest BCUT2D eigenvalue weighted by Crippen LogP contribution is -2.54. The smallest absolute Gasteiger partial charge is 0.0538 e. The summed E-state index contributed by atoms with van der Waals surface area (Å²) in [6.45, 7) is 6.56. The number of aromatic nitrogens is 2. The molecular weight excluding hydrogens is 238 g/mol. The molecule has 1 aliphatic rings. The SMILES string of the molecule is CCCn1cc(C(NC)C2CN(C)CCN2C)cn1. The van der Waals surface area contributed by atoms with Crippen LogP contribution in [0.1, 0.15) is 24.9 Å². The summed E-state index contributed by atoms with van der Waals surface area (Å²) in [4.78, 5) is 4.86. The number of nitrogens with one attached hydrogen (secondary N) is 1. The molecule has 1 aromatic heterocycles. The van der Waals surface area contributed by atoms with Gasteiger partial charge >= 0.3 is 0 Å². The fourth-order valence-electron chi connectivity index (χ4n) is 2.88. The predicted molar refractivity (Wildman–Crippen MR) is 78.2 cm³/mol. The van der Waals surface area contributed by atoms with Crippen LogP contribution in [0.3, 0.4) is 0 Å². The summed E-state index contributed by atoms with van der Waals surface area (Å²) in [7, 11) is 6.47. The van der Waals surface area contributed by atoms with Crippen molar-refractivity contribution in [2.24, 2.45) is 0 Å². The lowest BCUT2D eigenvalue weighted by atomic mass is 9.99. The number of rotatable bonds is 5. The van der Waals surface area contributed by atoms with Crippen LogP contribution in [-0.2, 0) is 6.54 Å². The zero-order valence-corrected chi connectivity index (χ0v) is 12.6. The monoisotopic (exact) mass is 265 g/mol. The van der Waals surface area contributed by atoms with Crippen LogP contribution in [0, 0.1) is 0 Å². The lowest BCUT2D eigenvalue weighted by Gasteiger charge is -2.41. The van der Waals surface area contributed by atoms with Crippen LogP contribution in [0.4, 0.5) is 0 Å². The molecule has 1 N–H and O–H groups in total. The van der Waals surface area contributed by atoms with E-state index in [2.05, 4.69) is 47.4 Å². The maximum Gasteiger partial charge on any atom is 0.0538 e. The molecule has 0 aliphatic carbocycles. The van der Waals surface area contributed by atoms with Gasteiger partial charge in [0.1, 0.15) is 0 Å². The zero-order valence-electron chi connectivity index (χ0n) is 12.6. The fourth-order valence-corrected chi connectivity index (χ4v) is 2.88. The Bertz CT molecular complexity index is 389. The van der Waals surface area contributed by atoms with E-state index in [0.29, 0.717) is 12.1 Å². The van der Waals surface area contributed by atoms with Crippen molar-refractivity contribution in [3.8, 4) is 0 Å². The highest BCUT2D eigenvalue weighted by atomic mass is 15.3. The third kappa shape index (κ3) is 3.35. The average Bonchev–Trinajstić information content (AvgIpc) is 2.83. The Kier molecular flexibility index (Phi) is 4.96. The number of likely N-dealkylation sites (N-methyl/N-ethyl adjacent to an activating group) is 3. The molecule has 1 aliphatic heterocycles. The van der Waals surface area contributed by atoms with E-state index in [4.69, 9.17) is 0 Å². The molecule has 1 fully saturated rings. The summed E-state index contributed by atoms with van der Waals surface area (Å²) in [5.41, 5.74) is 1.29. The minimum absolute atomic E-state index is 0.346. The number of piperazine rings is 1. The minimum atomic E-state index is 0.346. The first-order valence-electron chi connectivity index (χ1n) is 7.24. The molecule has 19 heavy (non-hydrogen) atoms. The lowest BCUT2D eigenvalue weighted by molar-refractivity contribution is 0.0897. The van der Waals surface area contributed by atoms with Gasteiger partial charge in [-0.05, 0) is 27.6 Å². The van der Waals surface area contributed by atoms with Crippen molar-refractivity contribution < 1.29 is 0 Å². The van der Waals surface area contributed by atoms with Crippen molar-refractivity contribution >= 4 is 0 Å². The van der Waals surface area contributed by atoms with Crippen LogP contribution >= 0.6 is 0 Å². The summed E-state index contributed by atoms with van der Waals surface area (Å²) >= 11 is 0. The van der Waals surface area contributed by atoms with Gasteiger partial charge in [0, 0.05) is 44.0 Å². The minimum Gasteiger partial charge on any atom is -0.312 e. The molecule has 0 saturated carbocycles. The molecule has 0 spiro atoms. The maximum absolute atomic E-state index is 4.46. The van der Waals surface area contributed by atoms with E-state index in [9.17, 15) is 0 Å². The highest BCUT2D eigenvalue weighted by Gasteiger charge is 2.30. The van der Waals surface area contributed by atoms with Crippen LogP contribution < -0.4 is 5.32 Å². The predicted octanol–water partition coefficient (Wildman–Crippen LogP) is 0.799. The number of hydrogen-bond donors (Lipinski definition) is 1. The van der Waals surface area contributed by atoms with E-state index in [-0.39, 0.29) is 0 Å². The second-order valence-electron chi connectivity index (χ2n) is 5.61. The van der Waals surface area contributed by atoms with E-state index >= 15 is 0 Å². The topological polar surface area (TPSA) is 36.3 Å². The highest BCUT2D eigenvalue weighted by molar-refractivity contribution is 5.14. The Balaban J connectivity index is 2.13. The number of hydrogen-bond acceptors (Lipinski definition) is 4. The quantitative estimate of drug-likeness (QED) is 0.854. The summed E-state index contributed by atoms with van der Waals surface area (Å²) in [6.07, 6.45) is 5.32. The van der Waals surface area contributed by atoms with E-state index in [1.54, 1.807) is 0 Å². The molecule has 0 amide bonds. The Morgan fingerprint density at radius 3 is 2.89 bits per heavy atom. The van der Waals surface area contributed by atoms with Crippen molar-refractivity contribution in [1.29, 1.82) is 0 Å². The molecule has 2 atom stereocenters. The standard InChI is InChI=1S/C14H27N5/c1-5-6-19-10-12(9-16-19)14(15-2)13-11-17(3)7-8-18(13)4/h9-10,13-15H,5-8,11H2,1-4H3. The zero-order chi connectivity index (χ0) is 13.8. The van der Waals surface area contributed by atoms with Crippen LogP contribution in [0.15, 0.2) is 12.4 Å². The van der Waals surface area contributed by atoms with Gasteiger partial charge in [0.15, 0.2) is 0 Å². The second-order valence-corrected chi connectivity index (χ2v) is 5.61. The molecule has 2 rings (SSSR count). The Morgan fingerprint density at radius 2 is 2.21 bits per heavy atom. The number of aryl methyl sites for hydroxylation is 1. The molecular formula is C14H27N5. The summed E-state index contributed by atoms with van der Waals surface area (Å²) < 4.78 is 2.05. The number of nitrogens with zero attached hydrogens (tertiary/aromatic N) is 4. The molecule has 2 heterocycles. The Hall–Kier alpha value is -0.910. The third-order valence-corrected chi connectivity index (χ3v) is 4.06. The van der Waals surface area contributed by atoms with Gasteiger partial charge in [0.05, 0.1) is 12.2 Å². The molecule has 1 saturated heterocycles. The molecule has 5 heteroatoms. The molecule has 1 aromatic rings. The Labute approximate surface area is 116 Å². The van der Waals surface area contributed by atoms with Gasteiger partial charge in [-0.1, -0.05) is 6.92 Å². The van der Waals surface area contributed by atoms with Crippen LogP contribution in [0.5, 0.6) is 0 Å². The van der Waals surface area contributed by atoms with Crippen molar-refractivity contribution in [3.63, 3.8) is 0 Å². The van der Waals surface area contributed by atoms with Crippen molar-refractivity contribution in [3.05, 3.63) is 18.0 Å². The molecule has 0 aromatic carbocycles.